The quantitative estimate of drug-likeness (QED) is 0.0628. The van der Waals surface area contributed by atoms with Crippen LogP contribution in [0.4, 0.5) is 0 Å². The lowest BCUT2D eigenvalue weighted by Crippen LogP contribution is -2.28. The molecule has 0 aliphatic carbocycles. The first-order valence-electron chi connectivity index (χ1n) is 15.7. The highest BCUT2D eigenvalue weighted by Gasteiger charge is 2.15. The van der Waals surface area contributed by atoms with Crippen molar-refractivity contribution >= 4 is 11.9 Å². The topological polar surface area (TPSA) is 72.8 Å². The number of carbonyl (C=O) groups is 2. The monoisotopic (exact) mass is 524 g/mol. The molecule has 1 N–H and O–H groups in total. The lowest BCUT2D eigenvalue weighted by molar-refractivity contribution is -0.161. The third kappa shape index (κ3) is 27.5. The molecular weight excluding hydrogens is 464 g/mol. The second-order valence-electron chi connectivity index (χ2n) is 10.5. The Morgan fingerprint density at radius 1 is 0.595 bits per heavy atom. The van der Waals surface area contributed by atoms with Gasteiger partial charge < -0.3 is 14.6 Å². The van der Waals surface area contributed by atoms with Gasteiger partial charge in [0.25, 0.3) is 0 Å². The van der Waals surface area contributed by atoms with Gasteiger partial charge in [-0.1, -0.05) is 122 Å². The first-order chi connectivity index (χ1) is 18.1. The van der Waals surface area contributed by atoms with E-state index in [1.807, 2.05) is 6.92 Å². The van der Waals surface area contributed by atoms with E-state index in [0.29, 0.717) is 12.8 Å². The Balaban J connectivity index is 3.41. The van der Waals surface area contributed by atoms with E-state index in [1.165, 1.54) is 103 Å². The average Bonchev–Trinajstić information content (AvgIpc) is 2.90. The van der Waals surface area contributed by atoms with Gasteiger partial charge in [-0.05, 0) is 38.5 Å². The Morgan fingerprint density at radius 2 is 1.03 bits per heavy atom. The van der Waals surface area contributed by atoms with Gasteiger partial charge in [-0.3, -0.25) is 9.59 Å². The molecule has 37 heavy (non-hydrogen) atoms. The van der Waals surface area contributed by atoms with Gasteiger partial charge in [-0.2, -0.15) is 0 Å². The molecule has 0 saturated heterocycles. The molecule has 0 aromatic carbocycles. The molecule has 0 heterocycles. The van der Waals surface area contributed by atoms with Crippen LogP contribution in [0.1, 0.15) is 162 Å². The predicted molar refractivity (Wildman–Crippen MR) is 155 cm³/mol. The van der Waals surface area contributed by atoms with Crippen LogP contribution in [0.2, 0.25) is 0 Å². The number of aliphatic hydroxyl groups excluding tert-OH is 1. The van der Waals surface area contributed by atoms with Crippen molar-refractivity contribution in [3.05, 3.63) is 12.2 Å². The van der Waals surface area contributed by atoms with Crippen molar-refractivity contribution in [1.29, 1.82) is 0 Å². The van der Waals surface area contributed by atoms with E-state index in [2.05, 4.69) is 19.1 Å². The van der Waals surface area contributed by atoms with Crippen LogP contribution in [0.15, 0.2) is 12.2 Å². The highest BCUT2D eigenvalue weighted by Crippen LogP contribution is 2.13. The lowest BCUT2D eigenvalue weighted by atomic mass is 10.1. The second kappa shape index (κ2) is 29.2. The van der Waals surface area contributed by atoms with Crippen LogP contribution in [0.3, 0.4) is 0 Å². The summed E-state index contributed by atoms with van der Waals surface area (Å²) in [5, 5.41) is 9.34. The summed E-state index contributed by atoms with van der Waals surface area (Å²) in [5.41, 5.74) is 0. The van der Waals surface area contributed by atoms with Crippen molar-refractivity contribution in [2.24, 2.45) is 0 Å². The molecule has 0 aromatic heterocycles. The summed E-state index contributed by atoms with van der Waals surface area (Å²) in [6.45, 7) is 3.88. The third-order valence-corrected chi connectivity index (χ3v) is 6.81. The highest BCUT2D eigenvalue weighted by molar-refractivity contribution is 5.70. The van der Waals surface area contributed by atoms with E-state index in [4.69, 9.17) is 9.47 Å². The summed E-state index contributed by atoms with van der Waals surface area (Å²) in [7, 11) is 0. The molecule has 0 spiro atoms. The summed E-state index contributed by atoms with van der Waals surface area (Å²) in [5.74, 6) is -0.631. The number of aliphatic hydroxyl groups is 1. The molecule has 1 unspecified atom stereocenters. The Morgan fingerprint density at radius 3 is 1.51 bits per heavy atom. The van der Waals surface area contributed by atoms with E-state index in [0.717, 1.165) is 32.1 Å². The first kappa shape index (κ1) is 35.6. The number of hydrogen-bond donors (Lipinski definition) is 1. The molecule has 0 saturated carbocycles. The van der Waals surface area contributed by atoms with Gasteiger partial charge in [0, 0.05) is 12.8 Å². The predicted octanol–water partition coefficient (Wildman–Crippen LogP) is 9.00. The Kier molecular flexibility index (Phi) is 28.1. The van der Waals surface area contributed by atoms with E-state index in [-0.39, 0.29) is 25.2 Å². The van der Waals surface area contributed by atoms with Gasteiger partial charge in [0.05, 0.1) is 6.61 Å². The molecule has 0 fully saturated rings. The zero-order chi connectivity index (χ0) is 27.2. The van der Waals surface area contributed by atoms with Gasteiger partial charge in [-0.25, -0.2) is 0 Å². The van der Waals surface area contributed by atoms with E-state index in [9.17, 15) is 14.7 Å². The summed E-state index contributed by atoms with van der Waals surface area (Å²) in [4.78, 5) is 23.5. The summed E-state index contributed by atoms with van der Waals surface area (Å²) in [6, 6.07) is 0. The van der Waals surface area contributed by atoms with E-state index in [1.54, 1.807) is 0 Å². The first-order valence-corrected chi connectivity index (χ1v) is 15.7. The fourth-order valence-corrected chi connectivity index (χ4v) is 4.35. The van der Waals surface area contributed by atoms with Crippen LogP contribution in [-0.2, 0) is 19.1 Å². The minimum Gasteiger partial charge on any atom is -0.462 e. The van der Waals surface area contributed by atoms with Crippen molar-refractivity contribution in [3.63, 3.8) is 0 Å². The highest BCUT2D eigenvalue weighted by atomic mass is 16.6. The number of hydrogen-bond acceptors (Lipinski definition) is 5. The zero-order valence-corrected chi connectivity index (χ0v) is 24.5. The molecule has 0 aliphatic rings. The number of carbonyl (C=O) groups excluding carboxylic acids is 2. The molecule has 1 atom stereocenters. The van der Waals surface area contributed by atoms with Crippen LogP contribution in [-0.4, -0.2) is 36.4 Å². The van der Waals surface area contributed by atoms with Crippen molar-refractivity contribution in [3.8, 4) is 0 Å². The number of allylic oxidation sites excluding steroid dienone is 2. The molecule has 0 amide bonds. The zero-order valence-electron chi connectivity index (χ0n) is 24.5. The lowest BCUT2D eigenvalue weighted by Gasteiger charge is -2.15. The molecule has 0 rings (SSSR count). The van der Waals surface area contributed by atoms with Crippen LogP contribution in [0, 0.1) is 0 Å². The Labute approximate surface area is 229 Å². The van der Waals surface area contributed by atoms with Gasteiger partial charge in [0.2, 0.25) is 0 Å². The molecule has 0 aliphatic heterocycles. The summed E-state index contributed by atoms with van der Waals surface area (Å²) in [6.07, 6.45) is 30.8. The SMILES string of the molecule is CCCCCCCCCC/C=C\CCCCCCCCCCCC(=O)OC(CO)COC(=O)CCCC. The number of ether oxygens (including phenoxy) is 2. The van der Waals surface area contributed by atoms with Crippen molar-refractivity contribution in [2.75, 3.05) is 13.2 Å². The molecule has 5 nitrogen and oxygen atoms in total. The minimum absolute atomic E-state index is 0.0691. The van der Waals surface area contributed by atoms with Crippen LogP contribution in [0.25, 0.3) is 0 Å². The van der Waals surface area contributed by atoms with Crippen LogP contribution < -0.4 is 0 Å². The normalized spacial score (nSPS) is 12.2. The molecule has 0 radical (unpaired) electrons. The third-order valence-electron chi connectivity index (χ3n) is 6.81. The minimum atomic E-state index is -0.761. The Bertz CT molecular complexity index is 531. The molecule has 0 aromatic rings. The maximum atomic E-state index is 12.0. The number of esters is 2. The molecule has 5 heteroatoms. The van der Waals surface area contributed by atoms with Crippen LogP contribution >= 0.6 is 0 Å². The largest absolute Gasteiger partial charge is 0.462 e. The maximum Gasteiger partial charge on any atom is 0.306 e. The average molecular weight is 525 g/mol. The van der Waals surface area contributed by atoms with Crippen molar-refractivity contribution in [1.82, 2.24) is 0 Å². The number of unbranched alkanes of at least 4 members (excludes halogenated alkanes) is 18. The van der Waals surface area contributed by atoms with Gasteiger partial charge >= 0.3 is 11.9 Å². The van der Waals surface area contributed by atoms with E-state index >= 15 is 0 Å². The molecule has 0 bridgehead atoms. The summed E-state index contributed by atoms with van der Waals surface area (Å²) >= 11 is 0. The smallest absolute Gasteiger partial charge is 0.306 e. The molecular formula is C32H60O5. The second-order valence-corrected chi connectivity index (χ2v) is 10.5. The van der Waals surface area contributed by atoms with Gasteiger partial charge in [0.15, 0.2) is 6.10 Å². The van der Waals surface area contributed by atoms with Gasteiger partial charge in [0.1, 0.15) is 6.61 Å². The van der Waals surface area contributed by atoms with Gasteiger partial charge in [-0.15, -0.1) is 0 Å². The van der Waals surface area contributed by atoms with Crippen molar-refractivity contribution < 1.29 is 24.2 Å². The maximum absolute atomic E-state index is 12.0. The standard InChI is InChI=1S/C32H60O5/c1-3-5-7-8-9-10-11-12-13-14-15-16-17-18-19-20-21-22-23-24-25-27-32(35)37-30(28-33)29-36-31(34)26-6-4-2/h14-15,30,33H,3-13,16-29H2,1-2H3/b15-14-. The number of rotatable bonds is 28. The van der Waals surface area contributed by atoms with Crippen LogP contribution in [0.5, 0.6) is 0 Å². The summed E-state index contributed by atoms with van der Waals surface area (Å²) < 4.78 is 10.3. The van der Waals surface area contributed by atoms with Crippen molar-refractivity contribution in [2.45, 2.75) is 168 Å². The fourth-order valence-electron chi connectivity index (χ4n) is 4.35. The molecule has 218 valence electrons. The Hall–Kier alpha value is -1.36. The van der Waals surface area contributed by atoms with E-state index < -0.39 is 6.10 Å². The fraction of sp³-hybridized carbons (Fsp3) is 0.875.